The van der Waals surface area contributed by atoms with Gasteiger partial charge in [0.15, 0.2) is 5.01 Å². The monoisotopic (exact) mass is 241 g/mol. The van der Waals surface area contributed by atoms with Crippen molar-refractivity contribution in [1.82, 2.24) is 10.2 Å². The molecule has 0 fully saturated rings. The van der Waals surface area contributed by atoms with Gasteiger partial charge in [0, 0.05) is 0 Å². The minimum Gasteiger partial charge on any atom is -0.318 e. The van der Waals surface area contributed by atoms with Gasteiger partial charge in [0.1, 0.15) is 5.01 Å². The average molecular weight is 241 g/mol. The molecule has 2 N–H and O–H groups in total. The Morgan fingerprint density at radius 2 is 1.69 bits per heavy atom. The second kappa shape index (κ2) is 4.63. The summed E-state index contributed by atoms with van der Waals surface area (Å²) in [7, 11) is 0. The van der Waals surface area contributed by atoms with Crippen LogP contribution in [-0.4, -0.2) is 10.2 Å². The molecule has 6 heteroatoms. The zero-order valence-corrected chi connectivity index (χ0v) is 8.99. The van der Waals surface area contributed by atoms with Gasteiger partial charge in [-0.05, 0) is 5.56 Å². The summed E-state index contributed by atoms with van der Waals surface area (Å²) in [6, 6.07) is 8.70. The average Bonchev–Trinajstić information content (AvgIpc) is 2.78. The number of hydrogen-bond donors (Lipinski definition) is 1. The van der Waals surface area contributed by atoms with Crippen LogP contribution in [0, 0.1) is 0 Å². The SMILES string of the molecule is NC(c1ccccc1)c1nnc(C(F)F)s1. The fourth-order valence-corrected chi connectivity index (χ4v) is 1.99. The molecule has 1 aromatic heterocycles. The second-order valence-electron chi connectivity index (χ2n) is 3.17. The highest BCUT2D eigenvalue weighted by atomic mass is 32.1. The van der Waals surface area contributed by atoms with Gasteiger partial charge in [-0.3, -0.25) is 0 Å². The highest BCUT2D eigenvalue weighted by Crippen LogP contribution is 2.27. The van der Waals surface area contributed by atoms with Crippen LogP contribution < -0.4 is 5.73 Å². The van der Waals surface area contributed by atoms with Gasteiger partial charge in [-0.25, -0.2) is 8.78 Å². The van der Waals surface area contributed by atoms with Crippen LogP contribution in [0.5, 0.6) is 0 Å². The van der Waals surface area contributed by atoms with Gasteiger partial charge in [-0.2, -0.15) is 0 Å². The van der Waals surface area contributed by atoms with Gasteiger partial charge in [-0.1, -0.05) is 41.7 Å². The van der Waals surface area contributed by atoms with Crippen LogP contribution in [0.4, 0.5) is 8.78 Å². The van der Waals surface area contributed by atoms with Crippen molar-refractivity contribution >= 4 is 11.3 Å². The summed E-state index contributed by atoms with van der Waals surface area (Å²) in [5, 5.41) is 7.19. The Hall–Kier alpha value is -1.40. The third-order valence-corrected chi connectivity index (χ3v) is 3.08. The third kappa shape index (κ3) is 2.23. The summed E-state index contributed by atoms with van der Waals surface area (Å²) >= 11 is 0.847. The van der Waals surface area contributed by atoms with E-state index in [1.807, 2.05) is 30.3 Å². The van der Waals surface area contributed by atoms with E-state index in [0.29, 0.717) is 5.01 Å². The number of benzene rings is 1. The van der Waals surface area contributed by atoms with E-state index in [1.54, 1.807) is 0 Å². The van der Waals surface area contributed by atoms with Crippen LogP contribution in [0.1, 0.15) is 28.0 Å². The van der Waals surface area contributed by atoms with Crippen LogP contribution in [0.2, 0.25) is 0 Å². The molecule has 0 aliphatic rings. The summed E-state index contributed by atoms with van der Waals surface area (Å²) in [5.74, 6) is 0. The lowest BCUT2D eigenvalue weighted by atomic mass is 10.1. The molecule has 3 nitrogen and oxygen atoms in total. The van der Waals surface area contributed by atoms with Gasteiger partial charge >= 0.3 is 0 Å². The van der Waals surface area contributed by atoms with E-state index in [1.165, 1.54) is 0 Å². The van der Waals surface area contributed by atoms with E-state index >= 15 is 0 Å². The summed E-state index contributed by atoms with van der Waals surface area (Å²) in [4.78, 5) is 0. The Bertz CT molecular complexity index is 458. The molecule has 1 unspecified atom stereocenters. The molecule has 0 saturated carbocycles. The molecule has 0 spiro atoms. The molecule has 0 saturated heterocycles. The maximum Gasteiger partial charge on any atom is 0.291 e. The third-order valence-electron chi connectivity index (χ3n) is 2.07. The van der Waals surface area contributed by atoms with E-state index in [2.05, 4.69) is 10.2 Å². The lowest BCUT2D eigenvalue weighted by Gasteiger charge is -2.06. The summed E-state index contributed by atoms with van der Waals surface area (Å²) in [6.07, 6.45) is -2.59. The first-order chi connectivity index (χ1) is 7.68. The van der Waals surface area contributed by atoms with E-state index in [4.69, 9.17) is 5.73 Å². The molecule has 0 aliphatic carbocycles. The number of nitrogens with zero attached hydrogens (tertiary/aromatic N) is 2. The predicted octanol–water partition coefficient (Wildman–Crippen LogP) is 2.52. The molecular formula is C10H9F2N3S. The van der Waals surface area contributed by atoms with E-state index in [0.717, 1.165) is 16.9 Å². The van der Waals surface area contributed by atoms with Crippen molar-refractivity contribution in [2.45, 2.75) is 12.5 Å². The van der Waals surface area contributed by atoms with Crippen molar-refractivity contribution in [3.8, 4) is 0 Å². The maximum absolute atomic E-state index is 12.3. The van der Waals surface area contributed by atoms with E-state index in [9.17, 15) is 8.78 Å². The topological polar surface area (TPSA) is 51.8 Å². The van der Waals surface area contributed by atoms with Crippen molar-refractivity contribution < 1.29 is 8.78 Å². The zero-order valence-electron chi connectivity index (χ0n) is 8.18. The van der Waals surface area contributed by atoms with Gasteiger partial charge in [0.2, 0.25) is 0 Å². The van der Waals surface area contributed by atoms with Crippen LogP contribution in [-0.2, 0) is 0 Å². The molecule has 2 aromatic rings. The Morgan fingerprint density at radius 1 is 1.06 bits per heavy atom. The minimum absolute atomic E-state index is 0.290. The van der Waals surface area contributed by atoms with Crippen molar-refractivity contribution in [3.63, 3.8) is 0 Å². The molecule has 84 valence electrons. The molecule has 1 heterocycles. The van der Waals surface area contributed by atoms with Crippen LogP contribution in [0.15, 0.2) is 30.3 Å². The molecule has 0 amide bonds. The molecular weight excluding hydrogens is 232 g/mol. The van der Waals surface area contributed by atoms with Gasteiger partial charge in [0.25, 0.3) is 6.43 Å². The van der Waals surface area contributed by atoms with E-state index < -0.39 is 12.5 Å². The highest BCUT2D eigenvalue weighted by molar-refractivity contribution is 7.11. The normalized spacial score (nSPS) is 13.0. The van der Waals surface area contributed by atoms with Gasteiger partial charge in [0.05, 0.1) is 6.04 Å². The number of halogens is 2. The van der Waals surface area contributed by atoms with Gasteiger partial charge in [-0.15, -0.1) is 10.2 Å². The van der Waals surface area contributed by atoms with Crippen molar-refractivity contribution in [2.24, 2.45) is 5.73 Å². The number of alkyl halides is 2. The fraction of sp³-hybridized carbons (Fsp3) is 0.200. The first-order valence-corrected chi connectivity index (χ1v) is 5.42. The zero-order chi connectivity index (χ0) is 11.5. The number of nitrogens with two attached hydrogens (primary N) is 1. The number of aromatic nitrogens is 2. The smallest absolute Gasteiger partial charge is 0.291 e. The number of hydrogen-bond acceptors (Lipinski definition) is 4. The van der Waals surface area contributed by atoms with Crippen LogP contribution in [0.3, 0.4) is 0 Å². The molecule has 16 heavy (non-hydrogen) atoms. The lowest BCUT2D eigenvalue weighted by Crippen LogP contribution is -2.11. The predicted molar refractivity (Wildman–Crippen MR) is 57.3 cm³/mol. The first-order valence-electron chi connectivity index (χ1n) is 4.60. The molecule has 2 rings (SSSR count). The van der Waals surface area contributed by atoms with Crippen LogP contribution >= 0.6 is 11.3 Å². The minimum atomic E-state index is -2.59. The number of rotatable bonds is 3. The Labute approximate surface area is 94.9 Å². The molecule has 1 atom stereocenters. The summed E-state index contributed by atoms with van der Waals surface area (Å²) < 4.78 is 24.6. The Morgan fingerprint density at radius 3 is 2.25 bits per heavy atom. The molecule has 0 radical (unpaired) electrons. The fourth-order valence-electron chi connectivity index (χ4n) is 1.26. The quantitative estimate of drug-likeness (QED) is 0.898. The largest absolute Gasteiger partial charge is 0.318 e. The Balaban J connectivity index is 2.24. The highest BCUT2D eigenvalue weighted by Gasteiger charge is 2.18. The Kier molecular flexibility index (Phi) is 3.21. The van der Waals surface area contributed by atoms with Crippen molar-refractivity contribution in [2.75, 3.05) is 0 Å². The lowest BCUT2D eigenvalue weighted by molar-refractivity contribution is 0.150. The first kappa shape index (κ1) is 11.1. The maximum atomic E-state index is 12.3. The summed E-state index contributed by atoms with van der Waals surface area (Å²) in [6.45, 7) is 0. The standard InChI is InChI=1S/C10H9F2N3S/c11-8(12)10-15-14-9(16-10)7(13)6-4-2-1-3-5-6/h1-5,7-8H,13H2. The van der Waals surface area contributed by atoms with Gasteiger partial charge < -0.3 is 5.73 Å². The van der Waals surface area contributed by atoms with Crippen molar-refractivity contribution in [1.29, 1.82) is 0 Å². The molecule has 0 bridgehead atoms. The van der Waals surface area contributed by atoms with Crippen LogP contribution in [0.25, 0.3) is 0 Å². The second-order valence-corrected chi connectivity index (χ2v) is 4.21. The van der Waals surface area contributed by atoms with Crippen molar-refractivity contribution in [3.05, 3.63) is 45.9 Å². The van der Waals surface area contributed by atoms with E-state index in [-0.39, 0.29) is 5.01 Å². The molecule has 1 aromatic carbocycles. The molecule has 0 aliphatic heterocycles. The summed E-state index contributed by atoms with van der Waals surface area (Å²) in [5.41, 5.74) is 6.73.